The van der Waals surface area contributed by atoms with Crippen LogP contribution in [0.3, 0.4) is 0 Å². The van der Waals surface area contributed by atoms with Crippen LogP contribution < -0.4 is 10.6 Å². The fraction of sp³-hybridized carbons (Fsp3) is 0.267. The third-order valence-electron chi connectivity index (χ3n) is 13.8. The standard InChI is InChI=1S/2C30H27F2N5O4S/c2*1-19(30(39,16-37-18-34-17-35-37)26-11-8-23(31)12-27(26)32)42-25-14-40-29(41-15-25)22-6-4-21(5-7-22)28(38)36-24-9-2-20(13-33)3-10-24/h2*2-12,17-19,25,29,39H,14-16H2,1H3,(H,36,38)/t2*19-,25?,29?,30-/m11/s1. The lowest BCUT2D eigenvalue weighted by molar-refractivity contribution is -0.180. The molecular weight excluding hydrogens is 1130 g/mol. The lowest BCUT2D eigenvalue weighted by Crippen LogP contribution is -2.43. The molecule has 2 aromatic heterocycles. The molecule has 84 heavy (non-hydrogen) atoms. The SMILES string of the molecule is C[C@@H](SC1COC(c2ccc(C(=O)Nc3ccc(C#N)cc3)cc2)OC1)[C@](O)(Cn1cncn1)c1ccc(F)cc1F.C[C@@H](SC1COC(c2ccc(C(=O)Nc3ccc(C#N)cc3)cc2)OC1)[C@](O)(Cn1cncn1)c1ccc(F)cc1F. The molecule has 2 aliphatic heterocycles. The van der Waals surface area contributed by atoms with Gasteiger partial charge in [-0.1, -0.05) is 50.2 Å². The quantitative estimate of drug-likeness (QED) is 0.0584. The number of aromatic nitrogens is 6. The highest BCUT2D eigenvalue weighted by Gasteiger charge is 2.43. The molecule has 2 amide bonds. The highest BCUT2D eigenvalue weighted by Crippen LogP contribution is 2.42. The Morgan fingerprint density at radius 3 is 1.25 bits per heavy atom. The predicted molar refractivity (Wildman–Crippen MR) is 303 cm³/mol. The van der Waals surface area contributed by atoms with Crippen LogP contribution in [0.4, 0.5) is 28.9 Å². The van der Waals surface area contributed by atoms with Crippen LogP contribution in [0.2, 0.25) is 0 Å². The molecule has 2 aliphatic rings. The minimum Gasteiger partial charge on any atom is -0.382 e. The number of ether oxygens (including phenoxy) is 4. The Hall–Kier alpha value is -8.30. The van der Waals surface area contributed by atoms with E-state index in [9.17, 15) is 37.4 Å². The first-order valence-electron chi connectivity index (χ1n) is 26.1. The molecule has 10 rings (SSSR count). The van der Waals surface area contributed by atoms with Crippen molar-refractivity contribution in [3.05, 3.63) is 227 Å². The van der Waals surface area contributed by atoms with Gasteiger partial charge in [-0.15, -0.1) is 23.5 Å². The summed E-state index contributed by atoms with van der Waals surface area (Å²) in [6.45, 7) is 4.53. The Bertz CT molecular complexity index is 3350. The number of carbonyl (C=O) groups excluding carboxylic acids is 2. The van der Waals surface area contributed by atoms with Crippen LogP contribution in [0.5, 0.6) is 0 Å². The van der Waals surface area contributed by atoms with Crippen LogP contribution >= 0.6 is 23.5 Å². The van der Waals surface area contributed by atoms with Crippen LogP contribution in [0.1, 0.15) is 80.5 Å². The van der Waals surface area contributed by atoms with Gasteiger partial charge in [-0.3, -0.25) is 9.59 Å². The van der Waals surface area contributed by atoms with Crippen LogP contribution in [0.25, 0.3) is 0 Å². The van der Waals surface area contributed by atoms with Crippen molar-refractivity contribution in [3.63, 3.8) is 0 Å². The molecule has 18 nitrogen and oxygen atoms in total. The smallest absolute Gasteiger partial charge is 0.255 e. The summed E-state index contributed by atoms with van der Waals surface area (Å²) in [4.78, 5) is 33.0. The molecule has 24 heteroatoms. The molecule has 6 aromatic carbocycles. The highest BCUT2D eigenvalue weighted by atomic mass is 32.2. The first-order valence-corrected chi connectivity index (χ1v) is 28.0. The third kappa shape index (κ3) is 14.9. The number of nitrogens with one attached hydrogen (secondary N) is 2. The Balaban J connectivity index is 0.000000202. The number of benzene rings is 6. The predicted octanol–water partition coefficient (Wildman–Crippen LogP) is 9.61. The molecule has 0 spiro atoms. The topological polar surface area (TPSA) is 245 Å². The zero-order chi connectivity index (χ0) is 59.4. The Morgan fingerprint density at radius 2 is 0.940 bits per heavy atom. The Morgan fingerprint density at radius 1 is 0.583 bits per heavy atom. The minimum atomic E-state index is -1.73. The first kappa shape index (κ1) is 60.3. The van der Waals surface area contributed by atoms with E-state index in [2.05, 4.69) is 30.8 Å². The van der Waals surface area contributed by atoms with Crippen LogP contribution in [0.15, 0.2) is 159 Å². The number of amides is 2. The summed E-state index contributed by atoms with van der Waals surface area (Å²) in [6, 6.07) is 37.1. The maximum Gasteiger partial charge on any atom is 0.255 e. The van der Waals surface area contributed by atoms with Crippen molar-refractivity contribution in [2.45, 2.75) is 71.7 Å². The molecule has 2 saturated heterocycles. The molecule has 0 aliphatic carbocycles. The van der Waals surface area contributed by atoms with Gasteiger partial charge < -0.3 is 39.8 Å². The molecular formula is C60H54F4N10O8S2. The van der Waals surface area contributed by atoms with Crippen LogP contribution in [-0.4, -0.2) is 99.0 Å². The number of hydrogen-bond donors (Lipinski definition) is 4. The fourth-order valence-corrected chi connectivity index (χ4v) is 11.9. The highest BCUT2D eigenvalue weighted by molar-refractivity contribution is 8.00. The monoisotopic (exact) mass is 1180 g/mol. The van der Waals surface area contributed by atoms with E-state index in [4.69, 9.17) is 29.5 Å². The number of nitriles is 2. The normalized spacial score (nSPS) is 18.9. The first-order chi connectivity index (χ1) is 40.5. The summed E-state index contributed by atoms with van der Waals surface area (Å²) in [5, 5.41) is 53.5. The zero-order valence-electron chi connectivity index (χ0n) is 45.0. The zero-order valence-corrected chi connectivity index (χ0v) is 46.6. The maximum atomic E-state index is 14.8. The molecule has 0 unspecified atom stereocenters. The minimum absolute atomic E-state index is 0.0433. The number of thioether (sulfide) groups is 2. The second-order valence-corrected chi connectivity index (χ2v) is 22.9. The lowest BCUT2D eigenvalue weighted by atomic mass is 9.90. The van der Waals surface area contributed by atoms with Gasteiger partial charge in [0.15, 0.2) is 12.6 Å². The summed E-state index contributed by atoms with van der Waals surface area (Å²) in [5.41, 5.74) is 0.967. The number of carbonyl (C=O) groups is 2. The van der Waals surface area contributed by atoms with E-state index in [0.717, 1.165) is 35.4 Å². The van der Waals surface area contributed by atoms with E-state index in [1.54, 1.807) is 111 Å². The molecule has 4 heterocycles. The number of halogens is 4. The molecule has 432 valence electrons. The number of nitrogens with zero attached hydrogens (tertiary/aromatic N) is 8. The van der Waals surface area contributed by atoms with E-state index in [1.807, 2.05) is 12.1 Å². The average Bonchev–Trinajstić information content (AvgIpc) is 3.93. The van der Waals surface area contributed by atoms with E-state index in [-0.39, 0.29) is 46.5 Å². The van der Waals surface area contributed by atoms with E-state index >= 15 is 0 Å². The van der Waals surface area contributed by atoms with E-state index in [1.165, 1.54) is 70.3 Å². The maximum absolute atomic E-state index is 14.8. The van der Waals surface area contributed by atoms with Crippen molar-refractivity contribution in [2.24, 2.45) is 0 Å². The van der Waals surface area contributed by atoms with E-state index < -0.39 is 57.6 Å². The molecule has 0 radical (unpaired) electrons. The van der Waals surface area contributed by atoms with Gasteiger partial charge in [-0.2, -0.15) is 20.7 Å². The Kier molecular flexibility index (Phi) is 19.7. The second-order valence-electron chi connectivity index (χ2n) is 19.6. The van der Waals surface area contributed by atoms with Gasteiger partial charge in [0.05, 0.1) is 73.3 Å². The third-order valence-corrected chi connectivity index (χ3v) is 16.8. The van der Waals surface area contributed by atoms with Crippen LogP contribution in [0, 0.1) is 45.9 Å². The molecule has 2 fully saturated rings. The molecule has 4 atom stereocenters. The number of rotatable bonds is 18. The molecule has 0 saturated carbocycles. The van der Waals surface area contributed by atoms with Gasteiger partial charge in [0.2, 0.25) is 0 Å². The van der Waals surface area contributed by atoms with Gasteiger partial charge in [-0.05, 0) is 84.9 Å². The van der Waals surface area contributed by atoms with Crippen molar-refractivity contribution < 1.29 is 56.3 Å². The van der Waals surface area contributed by atoms with Gasteiger partial charge in [0.25, 0.3) is 11.8 Å². The fourth-order valence-electron chi connectivity index (χ4n) is 9.23. The van der Waals surface area contributed by atoms with Gasteiger partial charge >= 0.3 is 0 Å². The van der Waals surface area contributed by atoms with Gasteiger partial charge in [0.1, 0.15) is 59.8 Å². The number of aliphatic hydroxyl groups is 2. The summed E-state index contributed by atoms with van der Waals surface area (Å²) >= 11 is 2.74. The van der Waals surface area contributed by atoms with Crippen molar-refractivity contribution in [1.82, 2.24) is 29.5 Å². The largest absolute Gasteiger partial charge is 0.382 e. The molecule has 8 aromatic rings. The summed E-state index contributed by atoms with van der Waals surface area (Å²) in [6.07, 6.45) is 4.19. The van der Waals surface area contributed by atoms with Crippen molar-refractivity contribution >= 4 is 46.7 Å². The number of hydrogen-bond acceptors (Lipinski definition) is 16. The van der Waals surface area contributed by atoms with Crippen molar-refractivity contribution in [3.8, 4) is 12.1 Å². The summed E-state index contributed by atoms with van der Waals surface area (Å²) in [5.74, 6) is -3.76. The molecule has 4 N–H and O–H groups in total. The van der Waals surface area contributed by atoms with E-state index in [0.29, 0.717) is 60.1 Å². The summed E-state index contributed by atoms with van der Waals surface area (Å²) < 4.78 is 83.5. The lowest BCUT2D eigenvalue weighted by Gasteiger charge is -2.37. The van der Waals surface area contributed by atoms with Crippen molar-refractivity contribution in [1.29, 1.82) is 10.5 Å². The number of anilines is 2. The van der Waals surface area contributed by atoms with Gasteiger partial charge in [-0.25, -0.2) is 36.9 Å². The van der Waals surface area contributed by atoms with Gasteiger partial charge in [0, 0.05) is 67.4 Å². The van der Waals surface area contributed by atoms with Crippen molar-refractivity contribution in [2.75, 3.05) is 37.1 Å². The average molecular weight is 1180 g/mol. The van der Waals surface area contributed by atoms with Crippen LogP contribution in [-0.2, 0) is 43.2 Å². The summed E-state index contributed by atoms with van der Waals surface area (Å²) in [7, 11) is 0. The molecule has 0 bridgehead atoms. The Labute approximate surface area is 488 Å². The second kappa shape index (κ2) is 27.4.